The summed E-state index contributed by atoms with van der Waals surface area (Å²) in [6, 6.07) is 12.3. The van der Waals surface area contributed by atoms with E-state index in [9.17, 15) is 0 Å². The van der Waals surface area contributed by atoms with Gasteiger partial charge in [0.25, 0.3) is 0 Å². The van der Waals surface area contributed by atoms with Crippen molar-refractivity contribution in [1.29, 1.82) is 0 Å². The first-order valence-corrected chi connectivity index (χ1v) is 8.19. The molecule has 3 heterocycles. The fourth-order valence-corrected chi connectivity index (χ4v) is 3.35. The molecule has 1 aromatic carbocycles. The Hall–Kier alpha value is -2.73. The first-order valence-electron chi connectivity index (χ1n) is 7.31. The van der Waals surface area contributed by atoms with Crippen LogP contribution in [-0.4, -0.2) is 19.7 Å². The number of benzene rings is 1. The van der Waals surface area contributed by atoms with Crippen LogP contribution in [0.25, 0.3) is 21.5 Å². The quantitative estimate of drug-likeness (QED) is 0.622. The molecule has 0 amide bonds. The second-order valence-electron chi connectivity index (χ2n) is 5.26. The van der Waals surface area contributed by atoms with Crippen molar-refractivity contribution in [2.24, 2.45) is 7.05 Å². The second kappa shape index (κ2) is 5.81. The third kappa shape index (κ3) is 2.68. The van der Waals surface area contributed by atoms with Crippen LogP contribution in [-0.2, 0) is 13.6 Å². The molecule has 0 aliphatic rings. The smallest absolute Gasteiger partial charge is 0.138 e. The first kappa shape index (κ1) is 13.9. The maximum atomic E-state index is 4.59. The van der Waals surface area contributed by atoms with Gasteiger partial charge < -0.3 is 5.32 Å². The lowest BCUT2D eigenvalue weighted by Gasteiger charge is -2.06. The van der Waals surface area contributed by atoms with Gasteiger partial charge in [-0.25, -0.2) is 9.97 Å². The summed E-state index contributed by atoms with van der Waals surface area (Å²) >= 11 is 1.62. The van der Waals surface area contributed by atoms with Crippen LogP contribution in [0.2, 0.25) is 0 Å². The number of rotatable bonds is 4. The third-order valence-corrected chi connectivity index (χ3v) is 4.48. The molecule has 114 valence electrons. The highest BCUT2D eigenvalue weighted by molar-refractivity contribution is 7.16. The number of aromatic nitrogens is 4. The molecule has 0 saturated heterocycles. The van der Waals surface area contributed by atoms with Crippen molar-refractivity contribution in [3.8, 4) is 11.3 Å². The van der Waals surface area contributed by atoms with Gasteiger partial charge in [0.15, 0.2) is 0 Å². The fourth-order valence-electron chi connectivity index (χ4n) is 2.62. The Morgan fingerprint density at radius 1 is 1.13 bits per heavy atom. The Bertz CT molecular complexity index is 942. The number of thiophene rings is 1. The topological polar surface area (TPSA) is 55.6 Å². The van der Waals surface area contributed by atoms with Crippen LogP contribution in [0.3, 0.4) is 0 Å². The average Bonchev–Trinajstić information content (AvgIpc) is 3.20. The normalized spacial score (nSPS) is 11.0. The zero-order valence-electron chi connectivity index (χ0n) is 12.6. The first-order chi connectivity index (χ1) is 11.3. The van der Waals surface area contributed by atoms with Crippen molar-refractivity contribution in [1.82, 2.24) is 19.7 Å². The molecule has 5 nitrogen and oxygen atoms in total. The van der Waals surface area contributed by atoms with Gasteiger partial charge in [0.05, 0.1) is 11.1 Å². The van der Waals surface area contributed by atoms with Gasteiger partial charge in [-0.3, -0.25) is 4.68 Å². The van der Waals surface area contributed by atoms with Crippen molar-refractivity contribution in [2.45, 2.75) is 6.54 Å². The lowest BCUT2D eigenvalue weighted by molar-refractivity contribution is 0.770. The SMILES string of the molecule is Cn1cc(CNc2ncnc3sccc23)c(-c2ccccc2)n1. The Morgan fingerprint density at radius 2 is 2.00 bits per heavy atom. The van der Waals surface area contributed by atoms with Gasteiger partial charge in [-0.15, -0.1) is 11.3 Å². The summed E-state index contributed by atoms with van der Waals surface area (Å²) in [5, 5.41) is 11.1. The van der Waals surface area contributed by atoms with E-state index >= 15 is 0 Å². The highest BCUT2D eigenvalue weighted by Gasteiger charge is 2.11. The van der Waals surface area contributed by atoms with E-state index in [2.05, 4.69) is 32.5 Å². The summed E-state index contributed by atoms with van der Waals surface area (Å²) in [7, 11) is 1.94. The largest absolute Gasteiger partial charge is 0.365 e. The molecule has 0 atom stereocenters. The average molecular weight is 321 g/mol. The van der Waals surface area contributed by atoms with E-state index in [1.807, 2.05) is 47.6 Å². The lowest BCUT2D eigenvalue weighted by atomic mass is 10.1. The van der Waals surface area contributed by atoms with Crippen LogP contribution in [0.5, 0.6) is 0 Å². The highest BCUT2D eigenvalue weighted by atomic mass is 32.1. The Morgan fingerprint density at radius 3 is 2.87 bits per heavy atom. The second-order valence-corrected chi connectivity index (χ2v) is 6.15. The number of nitrogens with zero attached hydrogens (tertiary/aromatic N) is 4. The summed E-state index contributed by atoms with van der Waals surface area (Å²) in [5.74, 6) is 0.860. The summed E-state index contributed by atoms with van der Waals surface area (Å²) in [6.07, 6.45) is 3.64. The van der Waals surface area contributed by atoms with Gasteiger partial charge in [-0.2, -0.15) is 5.10 Å². The predicted molar refractivity (Wildman–Crippen MR) is 93.4 cm³/mol. The van der Waals surface area contributed by atoms with Crippen LogP contribution in [0, 0.1) is 0 Å². The molecule has 0 aliphatic carbocycles. The molecule has 4 rings (SSSR count). The maximum absolute atomic E-state index is 4.59. The fraction of sp³-hybridized carbons (Fsp3) is 0.118. The van der Waals surface area contributed by atoms with Crippen molar-refractivity contribution in [3.05, 3.63) is 59.9 Å². The van der Waals surface area contributed by atoms with Crippen LogP contribution in [0.1, 0.15) is 5.56 Å². The molecular weight excluding hydrogens is 306 g/mol. The van der Waals surface area contributed by atoms with Gasteiger partial charge in [-0.05, 0) is 11.4 Å². The molecule has 0 spiro atoms. The zero-order chi connectivity index (χ0) is 15.6. The Kier molecular flexibility index (Phi) is 3.51. The number of anilines is 1. The number of aryl methyl sites for hydroxylation is 1. The van der Waals surface area contributed by atoms with Crippen molar-refractivity contribution >= 4 is 27.4 Å². The van der Waals surface area contributed by atoms with E-state index in [1.165, 1.54) is 0 Å². The molecule has 0 aliphatic heterocycles. The molecule has 0 bridgehead atoms. The summed E-state index contributed by atoms with van der Waals surface area (Å²) < 4.78 is 1.85. The van der Waals surface area contributed by atoms with E-state index in [1.54, 1.807) is 17.7 Å². The molecule has 6 heteroatoms. The molecule has 0 saturated carbocycles. The minimum Gasteiger partial charge on any atom is -0.365 e. The monoisotopic (exact) mass is 321 g/mol. The summed E-state index contributed by atoms with van der Waals surface area (Å²) in [6.45, 7) is 0.667. The zero-order valence-corrected chi connectivity index (χ0v) is 13.4. The van der Waals surface area contributed by atoms with Gasteiger partial charge in [0.2, 0.25) is 0 Å². The lowest BCUT2D eigenvalue weighted by Crippen LogP contribution is -2.02. The van der Waals surface area contributed by atoms with Gasteiger partial charge >= 0.3 is 0 Å². The molecule has 0 fully saturated rings. The number of nitrogens with one attached hydrogen (secondary N) is 1. The van der Waals surface area contributed by atoms with Gasteiger partial charge in [0, 0.05) is 30.9 Å². The predicted octanol–water partition coefficient (Wildman–Crippen LogP) is 3.70. The highest BCUT2D eigenvalue weighted by Crippen LogP contribution is 2.26. The molecule has 23 heavy (non-hydrogen) atoms. The van der Waals surface area contributed by atoms with E-state index in [-0.39, 0.29) is 0 Å². The van der Waals surface area contributed by atoms with E-state index in [0.717, 1.165) is 32.9 Å². The molecule has 0 radical (unpaired) electrons. The maximum Gasteiger partial charge on any atom is 0.138 e. The van der Waals surface area contributed by atoms with Crippen LogP contribution < -0.4 is 5.32 Å². The molecular formula is C17H15N5S. The molecule has 4 aromatic rings. The number of hydrogen-bond donors (Lipinski definition) is 1. The standard InChI is InChI=1S/C17H15N5S/c1-22-10-13(15(21-22)12-5-3-2-4-6-12)9-18-16-14-7-8-23-17(14)20-11-19-16/h2-8,10-11H,9H2,1H3,(H,18,19,20). The van der Waals surface area contributed by atoms with Crippen molar-refractivity contribution < 1.29 is 0 Å². The van der Waals surface area contributed by atoms with Gasteiger partial charge in [0.1, 0.15) is 17.0 Å². The van der Waals surface area contributed by atoms with Crippen LogP contribution in [0.4, 0.5) is 5.82 Å². The Labute approximate surface area is 137 Å². The minimum absolute atomic E-state index is 0.667. The third-order valence-electron chi connectivity index (χ3n) is 3.66. The summed E-state index contributed by atoms with van der Waals surface area (Å²) in [4.78, 5) is 9.63. The summed E-state index contributed by atoms with van der Waals surface area (Å²) in [5.41, 5.74) is 3.25. The number of fused-ring (bicyclic) bond motifs is 1. The molecule has 0 unspecified atom stereocenters. The molecule has 3 aromatic heterocycles. The Balaban J connectivity index is 1.64. The van der Waals surface area contributed by atoms with E-state index in [4.69, 9.17) is 0 Å². The van der Waals surface area contributed by atoms with Crippen LogP contribution in [0.15, 0.2) is 54.3 Å². The minimum atomic E-state index is 0.667. The van der Waals surface area contributed by atoms with Crippen LogP contribution >= 0.6 is 11.3 Å². The van der Waals surface area contributed by atoms with E-state index in [0.29, 0.717) is 6.54 Å². The van der Waals surface area contributed by atoms with Crippen molar-refractivity contribution in [2.75, 3.05) is 5.32 Å². The van der Waals surface area contributed by atoms with Crippen molar-refractivity contribution in [3.63, 3.8) is 0 Å². The van der Waals surface area contributed by atoms with E-state index < -0.39 is 0 Å². The van der Waals surface area contributed by atoms with Gasteiger partial charge in [-0.1, -0.05) is 30.3 Å². The number of hydrogen-bond acceptors (Lipinski definition) is 5. The molecule has 1 N–H and O–H groups in total.